The zero-order valence-corrected chi connectivity index (χ0v) is 18.0. The number of imidazole rings is 1. The van der Waals surface area contributed by atoms with Gasteiger partial charge in [0.15, 0.2) is 11.6 Å². The van der Waals surface area contributed by atoms with Gasteiger partial charge in [0, 0.05) is 16.8 Å². The lowest BCUT2D eigenvalue weighted by Gasteiger charge is -2.12. The molecule has 10 heteroatoms. The predicted molar refractivity (Wildman–Crippen MR) is 112 cm³/mol. The molecule has 3 aromatic rings. The fourth-order valence-corrected chi connectivity index (χ4v) is 3.07. The van der Waals surface area contributed by atoms with Gasteiger partial charge < -0.3 is 14.4 Å². The van der Waals surface area contributed by atoms with Crippen molar-refractivity contribution in [1.82, 2.24) is 9.55 Å². The number of ether oxygens (including phenoxy) is 1. The zero-order chi connectivity index (χ0) is 24.6. The van der Waals surface area contributed by atoms with Crippen LogP contribution in [0.4, 0.5) is 22.0 Å². The van der Waals surface area contributed by atoms with E-state index in [1.54, 1.807) is 19.5 Å². The Labute approximate surface area is 187 Å². The summed E-state index contributed by atoms with van der Waals surface area (Å²) in [5.41, 5.74) is 3.04. The normalized spacial score (nSPS) is 11.0. The molecule has 0 aliphatic rings. The highest BCUT2D eigenvalue weighted by Crippen LogP contribution is 2.32. The molecular formula is C23H23F5N2O3. The van der Waals surface area contributed by atoms with E-state index in [1.165, 1.54) is 6.07 Å². The highest BCUT2D eigenvalue weighted by molar-refractivity contribution is 5.73. The Hall–Kier alpha value is -3.43. The Bertz CT molecular complexity index is 1080. The third kappa shape index (κ3) is 6.77. The minimum absolute atomic E-state index is 0.241. The van der Waals surface area contributed by atoms with Crippen LogP contribution in [0.5, 0.6) is 5.75 Å². The summed E-state index contributed by atoms with van der Waals surface area (Å²) in [4.78, 5) is 13.5. The third-order valence-corrected chi connectivity index (χ3v) is 4.69. The van der Waals surface area contributed by atoms with E-state index in [2.05, 4.69) is 11.9 Å². The van der Waals surface area contributed by atoms with Crippen LogP contribution in [-0.2, 0) is 17.8 Å². The summed E-state index contributed by atoms with van der Waals surface area (Å²) in [5, 5.41) is 7.12. The lowest BCUT2D eigenvalue weighted by molar-refractivity contribution is -0.192. The van der Waals surface area contributed by atoms with E-state index in [4.69, 9.17) is 14.6 Å². The van der Waals surface area contributed by atoms with Crippen molar-refractivity contribution in [3.63, 3.8) is 0 Å². The van der Waals surface area contributed by atoms with Gasteiger partial charge in [0.2, 0.25) is 0 Å². The van der Waals surface area contributed by atoms with Crippen LogP contribution in [0.3, 0.4) is 0 Å². The average molecular weight is 470 g/mol. The summed E-state index contributed by atoms with van der Waals surface area (Å²) in [6.45, 7) is 2.36. The van der Waals surface area contributed by atoms with Gasteiger partial charge in [0.1, 0.15) is 5.75 Å². The molecule has 0 radical (unpaired) electrons. The van der Waals surface area contributed by atoms with Crippen LogP contribution in [0.2, 0.25) is 0 Å². The molecule has 1 N–H and O–H groups in total. The molecule has 178 valence electrons. The van der Waals surface area contributed by atoms with Crippen molar-refractivity contribution in [2.45, 2.75) is 38.9 Å². The third-order valence-electron chi connectivity index (χ3n) is 4.69. The number of unbranched alkanes of at least 4 members (excludes halogenated alkanes) is 1. The fourth-order valence-electron chi connectivity index (χ4n) is 3.07. The van der Waals surface area contributed by atoms with E-state index in [1.807, 2.05) is 28.8 Å². The first-order valence-corrected chi connectivity index (χ1v) is 10.0. The Morgan fingerprint density at radius 1 is 1.12 bits per heavy atom. The Morgan fingerprint density at radius 3 is 2.39 bits per heavy atom. The maximum Gasteiger partial charge on any atom is 0.490 e. The van der Waals surface area contributed by atoms with Crippen molar-refractivity contribution in [2.75, 3.05) is 7.11 Å². The monoisotopic (exact) mass is 470 g/mol. The van der Waals surface area contributed by atoms with Crippen LogP contribution < -0.4 is 4.74 Å². The van der Waals surface area contributed by atoms with E-state index < -0.39 is 23.8 Å². The fraction of sp³-hybridized carbons (Fsp3) is 0.304. The number of halogens is 5. The molecule has 0 aliphatic heterocycles. The molecule has 0 bridgehead atoms. The summed E-state index contributed by atoms with van der Waals surface area (Å²) in [6, 6.07) is 12.0. The first-order valence-electron chi connectivity index (χ1n) is 10.0. The van der Waals surface area contributed by atoms with Gasteiger partial charge >= 0.3 is 12.1 Å². The number of benzene rings is 2. The molecule has 0 aliphatic carbocycles. The number of alkyl halides is 3. The van der Waals surface area contributed by atoms with Gasteiger partial charge in [0.25, 0.3) is 0 Å². The number of carboxylic acids is 1. The molecule has 33 heavy (non-hydrogen) atoms. The molecule has 1 heterocycles. The highest BCUT2D eigenvalue weighted by atomic mass is 19.4. The number of nitrogens with zero attached hydrogens (tertiary/aromatic N) is 2. The Morgan fingerprint density at radius 2 is 1.79 bits per heavy atom. The largest absolute Gasteiger partial charge is 0.496 e. The van der Waals surface area contributed by atoms with E-state index in [0.29, 0.717) is 5.56 Å². The lowest BCUT2D eigenvalue weighted by Crippen LogP contribution is -2.21. The second-order valence-electron chi connectivity index (χ2n) is 6.99. The van der Waals surface area contributed by atoms with Crippen LogP contribution in [0.25, 0.3) is 11.3 Å². The number of carbonyl (C=O) groups is 1. The van der Waals surface area contributed by atoms with Gasteiger partial charge in [0.05, 0.1) is 25.7 Å². The van der Waals surface area contributed by atoms with E-state index in [-0.39, 0.29) is 6.54 Å². The standard InChI is InChI=1S/C21H22F2N2O.C2HF3O2/c1-3-4-11-18-21(16-9-5-6-12-19(16)26-2)24-14-25(18)13-15-8-7-10-17(22)20(15)23;3-2(4,5)1(6)7/h5-10,12,14H,3-4,11,13H2,1-2H3;(H,6,7). The summed E-state index contributed by atoms with van der Waals surface area (Å²) in [6.07, 6.45) is -0.567. The summed E-state index contributed by atoms with van der Waals surface area (Å²) < 4.78 is 66.7. The molecule has 3 rings (SSSR count). The number of aromatic nitrogens is 2. The van der Waals surface area contributed by atoms with Crippen molar-refractivity contribution in [3.8, 4) is 17.0 Å². The van der Waals surface area contributed by atoms with E-state index >= 15 is 0 Å². The number of methoxy groups -OCH3 is 1. The van der Waals surface area contributed by atoms with Crippen LogP contribution in [-0.4, -0.2) is 33.9 Å². The number of rotatable bonds is 7. The lowest BCUT2D eigenvalue weighted by atomic mass is 10.1. The van der Waals surface area contributed by atoms with Crippen LogP contribution in [0.15, 0.2) is 48.8 Å². The quantitative estimate of drug-likeness (QED) is 0.440. The second kappa shape index (κ2) is 11.4. The summed E-state index contributed by atoms with van der Waals surface area (Å²) >= 11 is 0. The number of hydrogen-bond donors (Lipinski definition) is 1. The molecule has 5 nitrogen and oxygen atoms in total. The van der Waals surface area contributed by atoms with Crippen LogP contribution >= 0.6 is 0 Å². The number of aliphatic carboxylic acids is 1. The molecule has 0 saturated carbocycles. The Balaban J connectivity index is 0.000000479. The van der Waals surface area contributed by atoms with Gasteiger partial charge in [-0.1, -0.05) is 37.6 Å². The minimum Gasteiger partial charge on any atom is -0.496 e. The van der Waals surface area contributed by atoms with E-state index in [9.17, 15) is 22.0 Å². The number of hydrogen-bond acceptors (Lipinski definition) is 3. The molecular weight excluding hydrogens is 447 g/mol. The Kier molecular flexibility index (Phi) is 8.95. The smallest absolute Gasteiger partial charge is 0.490 e. The highest BCUT2D eigenvalue weighted by Gasteiger charge is 2.38. The van der Waals surface area contributed by atoms with Gasteiger partial charge in [-0.2, -0.15) is 13.2 Å². The average Bonchev–Trinajstić information content (AvgIpc) is 3.17. The summed E-state index contributed by atoms with van der Waals surface area (Å²) in [7, 11) is 1.63. The molecule has 0 atom stereocenters. The molecule has 0 amide bonds. The SMILES string of the molecule is CCCCc1c(-c2ccccc2OC)ncn1Cc1cccc(F)c1F.O=C(O)C(F)(F)F. The van der Waals surface area contributed by atoms with E-state index in [0.717, 1.165) is 48.0 Å². The molecule has 0 spiro atoms. The van der Waals surface area contributed by atoms with Crippen molar-refractivity contribution in [2.24, 2.45) is 0 Å². The van der Waals surface area contributed by atoms with Crippen LogP contribution in [0, 0.1) is 11.6 Å². The van der Waals surface area contributed by atoms with Gasteiger partial charge in [-0.25, -0.2) is 18.6 Å². The maximum absolute atomic E-state index is 14.1. The zero-order valence-electron chi connectivity index (χ0n) is 18.0. The minimum atomic E-state index is -5.08. The first-order chi connectivity index (χ1) is 15.6. The van der Waals surface area contributed by atoms with Gasteiger partial charge in [-0.05, 0) is 31.0 Å². The van der Waals surface area contributed by atoms with Crippen LogP contribution in [0.1, 0.15) is 31.0 Å². The molecule has 0 saturated heterocycles. The van der Waals surface area contributed by atoms with Crippen molar-refractivity contribution in [3.05, 3.63) is 71.7 Å². The molecule has 2 aromatic carbocycles. The van der Waals surface area contributed by atoms with Crippen molar-refractivity contribution in [1.29, 1.82) is 0 Å². The van der Waals surface area contributed by atoms with Crippen molar-refractivity contribution >= 4 is 5.97 Å². The first kappa shape index (κ1) is 25.8. The topological polar surface area (TPSA) is 64.4 Å². The maximum atomic E-state index is 14.1. The van der Waals surface area contributed by atoms with Crippen molar-refractivity contribution < 1.29 is 36.6 Å². The second-order valence-corrected chi connectivity index (χ2v) is 6.99. The summed E-state index contributed by atoms with van der Waals surface area (Å²) in [5.74, 6) is -3.65. The molecule has 0 fully saturated rings. The number of carboxylic acid groups (broad SMARTS) is 1. The molecule has 1 aromatic heterocycles. The van der Waals surface area contributed by atoms with Gasteiger partial charge in [-0.3, -0.25) is 0 Å². The van der Waals surface area contributed by atoms with Gasteiger partial charge in [-0.15, -0.1) is 0 Å². The molecule has 0 unspecified atom stereocenters. The number of para-hydroxylation sites is 1. The predicted octanol–water partition coefficient (Wildman–Crippen LogP) is 5.86.